The van der Waals surface area contributed by atoms with Gasteiger partial charge in [-0.15, -0.1) is 0 Å². The molecule has 0 saturated heterocycles. The first-order chi connectivity index (χ1) is 10.7. The predicted octanol–water partition coefficient (Wildman–Crippen LogP) is 2.56. The summed E-state index contributed by atoms with van der Waals surface area (Å²) in [5, 5.41) is 14.2. The van der Waals surface area contributed by atoms with Gasteiger partial charge in [-0.25, -0.2) is 14.6 Å². The highest BCUT2D eigenvalue weighted by Crippen LogP contribution is 2.20. The van der Waals surface area contributed by atoms with Gasteiger partial charge >= 0.3 is 0 Å². The number of hydrogen-bond acceptors (Lipinski definition) is 4. The quantitative estimate of drug-likeness (QED) is 0.630. The molecule has 1 N–H and O–H groups in total. The van der Waals surface area contributed by atoms with Crippen molar-refractivity contribution in [2.45, 2.75) is 26.8 Å². The van der Waals surface area contributed by atoms with Crippen molar-refractivity contribution in [1.82, 2.24) is 29.9 Å². The van der Waals surface area contributed by atoms with E-state index in [4.69, 9.17) is 0 Å². The van der Waals surface area contributed by atoms with Gasteiger partial charge in [0.15, 0.2) is 11.3 Å². The van der Waals surface area contributed by atoms with Crippen molar-refractivity contribution < 1.29 is 0 Å². The molecule has 0 bridgehead atoms. The lowest BCUT2D eigenvalue weighted by molar-refractivity contribution is 0.618. The summed E-state index contributed by atoms with van der Waals surface area (Å²) in [6, 6.07) is 5.99. The third-order valence-corrected chi connectivity index (χ3v) is 4.00. The van der Waals surface area contributed by atoms with E-state index in [1.807, 2.05) is 36.0 Å². The molecule has 6 heteroatoms. The summed E-state index contributed by atoms with van der Waals surface area (Å²) in [7, 11) is 0. The molecule has 110 valence electrons. The van der Waals surface area contributed by atoms with E-state index in [9.17, 15) is 0 Å². The van der Waals surface area contributed by atoms with Crippen molar-refractivity contribution in [2.75, 3.05) is 0 Å². The third kappa shape index (κ3) is 1.95. The molecule has 22 heavy (non-hydrogen) atoms. The Bertz CT molecular complexity index is 965. The Morgan fingerprint density at radius 2 is 2.05 bits per heavy atom. The number of rotatable bonds is 3. The van der Waals surface area contributed by atoms with Crippen LogP contribution in [0.2, 0.25) is 0 Å². The van der Waals surface area contributed by atoms with Crippen LogP contribution < -0.4 is 0 Å². The largest absolute Gasteiger partial charge is 0.280 e. The highest BCUT2D eigenvalue weighted by atomic mass is 15.3. The van der Waals surface area contributed by atoms with Crippen molar-refractivity contribution in [3.63, 3.8) is 0 Å². The number of H-pyrrole nitrogens is 1. The minimum atomic E-state index is 0.757. The molecule has 4 heterocycles. The molecule has 0 aromatic carbocycles. The van der Waals surface area contributed by atoms with Gasteiger partial charge in [0.1, 0.15) is 0 Å². The fourth-order valence-electron chi connectivity index (χ4n) is 2.93. The molecule has 0 spiro atoms. The van der Waals surface area contributed by atoms with E-state index in [2.05, 4.69) is 32.2 Å². The van der Waals surface area contributed by atoms with Crippen molar-refractivity contribution in [2.24, 2.45) is 0 Å². The fourth-order valence-corrected chi connectivity index (χ4v) is 2.93. The monoisotopic (exact) mass is 292 g/mol. The second kappa shape index (κ2) is 4.91. The summed E-state index contributed by atoms with van der Waals surface area (Å²) >= 11 is 0. The van der Waals surface area contributed by atoms with Crippen LogP contribution >= 0.6 is 0 Å². The summed E-state index contributed by atoms with van der Waals surface area (Å²) in [5.41, 5.74) is 5.02. The van der Waals surface area contributed by atoms with Gasteiger partial charge in [0.2, 0.25) is 0 Å². The molecule has 0 radical (unpaired) electrons. The normalized spacial score (nSPS) is 11.5. The number of pyridine rings is 2. The summed E-state index contributed by atoms with van der Waals surface area (Å²) in [5.74, 6) is 0. The van der Waals surface area contributed by atoms with Crippen molar-refractivity contribution >= 4 is 22.1 Å². The summed E-state index contributed by atoms with van der Waals surface area (Å²) in [6.07, 6.45) is 4.41. The average Bonchev–Trinajstić information content (AvgIpc) is 3.08. The molecular weight excluding hydrogens is 276 g/mol. The molecule has 4 aromatic rings. The lowest BCUT2D eigenvalue weighted by atomic mass is 10.2. The van der Waals surface area contributed by atoms with Crippen LogP contribution in [0.25, 0.3) is 22.1 Å². The standard InChI is InChI=1S/C16H16N6/c1-10-5-8-18-16-14(10)11(2)21-22(16)9-6-13-12-4-3-7-17-15(12)20-19-13/h3-5,7-8H,6,9H2,1-2H3,(H,17,19,20). The molecule has 0 unspecified atom stereocenters. The van der Waals surface area contributed by atoms with Crippen molar-refractivity contribution in [1.29, 1.82) is 0 Å². The number of hydrogen-bond donors (Lipinski definition) is 1. The van der Waals surface area contributed by atoms with E-state index < -0.39 is 0 Å². The minimum Gasteiger partial charge on any atom is -0.280 e. The van der Waals surface area contributed by atoms with E-state index in [1.165, 1.54) is 5.56 Å². The number of fused-ring (bicyclic) bond motifs is 2. The molecule has 0 saturated carbocycles. The molecule has 0 atom stereocenters. The van der Waals surface area contributed by atoms with Crippen LogP contribution in [0.4, 0.5) is 0 Å². The zero-order valence-corrected chi connectivity index (χ0v) is 12.5. The van der Waals surface area contributed by atoms with E-state index in [1.54, 1.807) is 6.20 Å². The Hall–Kier alpha value is -2.76. The number of nitrogens with zero attached hydrogens (tertiary/aromatic N) is 5. The fraction of sp³-hybridized carbons (Fsp3) is 0.250. The topological polar surface area (TPSA) is 72.3 Å². The van der Waals surface area contributed by atoms with E-state index in [-0.39, 0.29) is 0 Å². The lowest BCUT2D eigenvalue weighted by Crippen LogP contribution is -2.04. The van der Waals surface area contributed by atoms with E-state index >= 15 is 0 Å². The summed E-state index contributed by atoms with van der Waals surface area (Å²) in [4.78, 5) is 8.73. The van der Waals surface area contributed by atoms with E-state index in [0.29, 0.717) is 0 Å². The SMILES string of the molecule is Cc1ccnc2c1c(C)nn2CCc1[nH]nc2ncccc12. The zero-order valence-electron chi connectivity index (χ0n) is 12.5. The van der Waals surface area contributed by atoms with Gasteiger partial charge in [-0.05, 0) is 37.6 Å². The van der Waals surface area contributed by atoms with Crippen LogP contribution in [0.5, 0.6) is 0 Å². The van der Waals surface area contributed by atoms with Gasteiger partial charge in [-0.3, -0.25) is 5.10 Å². The van der Waals surface area contributed by atoms with Gasteiger partial charge in [-0.1, -0.05) is 0 Å². The summed E-state index contributed by atoms with van der Waals surface area (Å²) in [6.45, 7) is 4.88. The Morgan fingerprint density at radius 1 is 1.14 bits per heavy atom. The van der Waals surface area contributed by atoms with Crippen molar-refractivity contribution in [3.05, 3.63) is 47.5 Å². The molecule has 0 aliphatic rings. The van der Waals surface area contributed by atoms with Crippen LogP contribution in [0.15, 0.2) is 30.6 Å². The van der Waals surface area contributed by atoms with Gasteiger partial charge in [0.05, 0.1) is 5.69 Å². The molecule has 4 rings (SSSR count). The number of nitrogens with one attached hydrogen (secondary N) is 1. The molecule has 0 aliphatic heterocycles. The smallest absolute Gasteiger partial charge is 0.181 e. The number of aromatic nitrogens is 6. The second-order valence-electron chi connectivity index (χ2n) is 5.46. The molecule has 0 aliphatic carbocycles. The van der Waals surface area contributed by atoms with Gasteiger partial charge in [-0.2, -0.15) is 10.2 Å². The first-order valence-corrected chi connectivity index (χ1v) is 7.31. The first kappa shape index (κ1) is 12.9. The number of aryl methyl sites for hydroxylation is 4. The Labute approximate surface area is 127 Å². The Balaban J connectivity index is 1.69. The Kier molecular flexibility index (Phi) is 2.89. The Morgan fingerprint density at radius 3 is 2.95 bits per heavy atom. The maximum atomic E-state index is 4.63. The van der Waals surface area contributed by atoms with Crippen LogP contribution in [-0.4, -0.2) is 29.9 Å². The molecule has 4 aromatic heterocycles. The highest BCUT2D eigenvalue weighted by Gasteiger charge is 2.12. The molecular formula is C16H16N6. The van der Waals surface area contributed by atoms with Crippen LogP contribution in [0.3, 0.4) is 0 Å². The first-order valence-electron chi connectivity index (χ1n) is 7.31. The lowest BCUT2D eigenvalue weighted by Gasteiger charge is -2.02. The summed E-state index contributed by atoms with van der Waals surface area (Å²) < 4.78 is 1.97. The maximum absolute atomic E-state index is 4.63. The highest BCUT2D eigenvalue weighted by molar-refractivity contribution is 5.81. The van der Waals surface area contributed by atoms with Gasteiger partial charge < -0.3 is 0 Å². The molecule has 0 fully saturated rings. The maximum Gasteiger partial charge on any atom is 0.181 e. The molecule has 6 nitrogen and oxygen atoms in total. The predicted molar refractivity (Wildman–Crippen MR) is 84.6 cm³/mol. The van der Waals surface area contributed by atoms with Crippen LogP contribution in [0, 0.1) is 13.8 Å². The van der Waals surface area contributed by atoms with Crippen LogP contribution in [0.1, 0.15) is 17.0 Å². The van der Waals surface area contributed by atoms with Gasteiger partial charge in [0.25, 0.3) is 0 Å². The minimum absolute atomic E-state index is 0.757. The van der Waals surface area contributed by atoms with E-state index in [0.717, 1.165) is 46.4 Å². The molecule has 0 amide bonds. The zero-order chi connectivity index (χ0) is 15.1. The number of aromatic amines is 1. The third-order valence-electron chi connectivity index (χ3n) is 4.00. The van der Waals surface area contributed by atoms with Gasteiger partial charge in [0, 0.05) is 41.8 Å². The van der Waals surface area contributed by atoms with Crippen LogP contribution in [-0.2, 0) is 13.0 Å². The second-order valence-corrected chi connectivity index (χ2v) is 5.46. The van der Waals surface area contributed by atoms with Crippen molar-refractivity contribution in [3.8, 4) is 0 Å². The average molecular weight is 292 g/mol.